The van der Waals surface area contributed by atoms with E-state index in [0.29, 0.717) is 25.6 Å². The van der Waals surface area contributed by atoms with Crippen LogP contribution in [0.3, 0.4) is 0 Å². The highest BCUT2D eigenvalue weighted by molar-refractivity contribution is 5.88. The van der Waals surface area contributed by atoms with Crippen LogP contribution in [0.4, 0.5) is 10.7 Å². The van der Waals surface area contributed by atoms with Crippen LogP contribution in [-0.2, 0) is 9.53 Å². The molecule has 6 heteroatoms. The molecule has 0 spiro atoms. The average Bonchev–Trinajstić information content (AvgIpc) is 2.92. The van der Waals surface area contributed by atoms with Crippen LogP contribution < -0.4 is 5.32 Å². The molecule has 1 unspecified atom stereocenters. The molecular weight excluding hydrogens is 248 g/mol. The normalized spacial score (nSPS) is 19.0. The quantitative estimate of drug-likeness (QED) is 0.850. The Morgan fingerprint density at radius 3 is 3.11 bits per heavy atom. The van der Waals surface area contributed by atoms with Crippen LogP contribution >= 0.6 is 0 Å². The molecule has 1 aromatic heterocycles. The molecule has 104 valence electrons. The molecule has 1 saturated heterocycles. The van der Waals surface area contributed by atoms with Crippen molar-refractivity contribution in [2.75, 3.05) is 25.0 Å². The minimum absolute atomic E-state index is 0.224. The predicted molar refractivity (Wildman–Crippen MR) is 68.7 cm³/mol. The number of ether oxygens (including phenoxy) is 1. The predicted octanol–water partition coefficient (Wildman–Crippen LogP) is 2.09. The maximum Gasteiger partial charge on any atom is 0.324 e. The van der Waals surface area contributed by atoms with Crippen molar-refractivity contribution in [1.29, 1.82) is 0 Å². The summed E-state index contributed by atoms with van der Waals surface area (Å²) in [5.74, 6) is -0.0442. The molecule has 2 amide bonds. The summed E-state index contributed by atoms with van der Waals surface area (Å²) in [6, 6.07) is 3.13. The van der Waals surface area contributed by atoms with Crippen molar-refractivity contribution in [2.24, 2.45) is 5.92 Å². The second kappa shape index (κ2) is 6.26. The molecule has 0 radical (unpaired) electrons. The van der Waals surface area contributed by atoms with Gasteiger partial charge in [0.1, 0.15) is 0 Å². The molecule has 1 N–H and O–H groups in total. The summed E-state index contributed by atoms with van der Waals surface area (Å²) in [6.45, 7) is 3.18. The maximum atomic E-state index is 12.0. The number of rotatable bonds is 3. The van der Waals surface area contributed by atoms with Crippen molar-refractivity contribution >= 4 is 17.9 Å². The Kier molecular flexibility index (Phi) is 4.43. The molecule has 2 heterocycles. The smallest absolute Gasteiger partial charge is 0.324 e. The van der Waals surface area contributed by atoms with Crippen molar-refractivity contribution in [2.45, 2.75) is 19.8 Å². The maximum absolute atomic E-state index is 12.0. The molecule has 1 aliphatic heterocycles. The van der Waals surface area contributed by atoms with Crippen LogP contribution in [0.1, 0.15) is 19.8 Å². The third-order valence-electron chi connectivity index (χ3n) is 3.08. The zero-order valence-electron chi connectivity index (χ0n) is 10.9. The number of likely N-dealkylation sites (tertiary alicyclic amines) is 1. The molecule has 6 nitrogen and oxygen atoms in total. The first-order valence-corrected chi connectivity index (χ1v) is 6.46. The van der Waals surface area contributed by atoms with Gasteiger partial charge in [-0.05, 0) is 25.8 Å². The van der Waals surface area contributed by atoms with Gasteiger partial charge in [-0.3, -0.25) is 10.1 Å². The number of carbonyl (C=O) groups is 2. The van der Waals surface area contributed by atoms with Crippen LogP contribution in [0.2, 0.25) is 0 Å². The third-order valence-corrected chi connectivity index (χ3v) is 3.08. The molecule has 19 heavy (non-hydrogen) atoms. The second-order valence-corrected chi connectivity index (χ2v) is 4.44. The number of hydrogen-bond donors (Lipinski definition) is 1. The molecule has 0 saturated carbocycles. The van der Waals surface area contributed by atoms with E-state index >= 15 is 0 Å². The summed E-state index contributed by atoms with van der Waals surface area (Å²) < 4.78 is 10.1. The SMILES string of the molecule is CCOC(=O)C1CCCN(C(=O)Nc2ccco2)C1. The first-order valence-electron chi connectivity index (χ1n) is 6.46. The number of hydrogen-bond acceptors (Lipinski definition) is 4. The fourth-order valence-corrected chi connectivity index (χ4v) is 2.15. The minimum Gasteiger partial charge on any atom is -0.466 e. The lowest BCUT2D eigenvalue weighted by Gasteiger charge is -2.31. The fourth-order valence-electron chi connectivity index (χ4n) is 2.15. The van der Waals surface area contributed by atoms with Gasteiger partial charge < -0.3 is 14.1 Å². The minimum atomic E-state index is -0.246. The van der Waals surface area contributed by atoms with E-state index in [1.54, 1.807) is 24.0 Å². The third kappa shape index (κ3) is 3.49. The highest BCUT2D eigenvalue weighted by Crippen LogP contribution is 2.19. The van der Waals surface area contributed by atoms with Crippen LogP contribution in [0, 0.1) is 5.92 Å². The van der Waals surface area contributed by atoms with Gasteiger partial charge in [-0.1, -0.05) is 0 Å². The summed E-state index contributed by atoms with van der Waals surface area (Å²) in [5, 5.41) is 2.65. The molecule has 1 fully saturated rings. The summed E-state index contributed by atoms with van der Waals surface area (Å²) in [4.78, 5) is 25.3. The van der Waals surface area contributed by atoms with Crippen molar-refractivity contribution in [3.63, 3.8) is 0 Å². The van der Waals surface area contributed by atoms with Gasteiger partial charge in [0.2, 0.25) is 5.88 Å². The number of furan rings is 1. The van der Waals surface area contributed by atoms with E-state index in [9.17, 15) is 9.59 Å². The molecular formula is C13H18N2O4. The van der Waals surface area contributed by atoms with Gasteiger partial charge in [0.15, 0.2) is 0 Å². The summed E-state index contributed by atoms with van der Waals surface area (Å²) in [7, 11) is 0. The van der Waals surface area contributed by atoms with E-state index in [2.05, 4.69) is 5.32 Å². The molecule has 2 rings (SSSR count). The van der Waals surface area contributed by atoms with Gasteiger partial charge in [0.05, 0.1) is 18.8 Å². The van der Waals surface area contributed by atoms with Gasteiger partial charge in [-0.2, -0.15) is 0 Å². The molecule has 1 atom stereocenters. The monoisotopic (exact) mass is 266 g/mol. The Morgan fingerprint density at radius 2 is 2.42 bits per heavy atom. The lowest BCUT2D eigenvalue weighted by atomic mass is 9.98. The van der Waals surface area contributed by atoms with Crippen molar-refractivity contribution in [1.82, 2.24) is 4.90 Å². The largest absolute Gasteiger partial charge is 0.466 e. The number of nitrogens with zero attached hydrogens (tertiary/aromatic N) is 1. The van der Waals surface area contributed by atoms with Crippen LogP contribution in [0.15, 0.2) is 22.8 Å². The Labute approximate surface area is 111 Å². The van der Waals surface area contributed by atoms with Gasteiger partial charge in [0.25, 0.3) is 0 Å². The van der Waals surface area contributed by atoms with E-state index in [1.165, 1.54) is 6.26 Å². The average molecular weight is 266 g/mol. The molecule has 1 aliphatic rings. The highest BCUT2D eigenvalue weighted by atomic mass is 16.5. The van der Waals surface area contributed by atoms with Gasteiger partial charge >= 0.3 is 12.0 Å². The number of piperidine rings is 1. The number of carbonyl (C=O) groups excluding carboxylic acids is 2. The van der Waals surface area contributed by atoms with Crippen molar-refractivity contribution in [3.8, 4) is 0 Å². The number of amides is 2. The highest BCUT2D eigenvalue weighted by Gasteiger charge is 2.29. The number of anilines is 1. The van der Waals surface area contributed by atoms with E-state index in [0.717, 1.165) is 12.8 Å². The number of nitrogens with one attached hydrogen (secondary N) is 1. The molecule has 0 aliphatic carbocycles. The Bertz CT molecular complexity index is 430. The van der Waals surface area contributed by atoms with Gasteiger partial charge in [-0.25, -0.2) is 4.79 Å². The van der Waals surface area contributed by atoms with E-state index in [1.807, 2.05) is 0 Å². The van der Waals surface area contributed by atoms with Crippen LogP contribution in [0.25, 0.3) is 0 Å². The Hall–Kier alpha value is -1.98. The van der Waals surface area contributed by atoms with Crippen molar-refractivity contribution < 1.29 is 18.7 Å². The zero-order chi connectivity index (χ0) is 13.7. The first kappa shape index (κ1) is 13.5. The number of urea groups is 1. The lowest BCUT2D eigenvalue weighted by molar-refractivity contribution is -0.149. The number of esters is 1. The van der Waals surface area contributed by atoms with E-state index in [4.69, 9.17) is 9.15 Å². The summed E-state index contributed by atoms with van der Waals surface area (Å²) in [5.41, 5.74) is 0. The Morgan fingerprint density at radius 1 is 1.58 bits per heavy atom. The van der Waals surface area contributed by atoms with E-state index < -0.39 is 0 Å². The van der Waals surface area contributed by atoms with Crippen LogP contribution in [-0.4, -0.2) is 36.6 Å². The summed E-state index contributed by atoms with van der Waals surface area (Å²) in [6.07, 6.45) is 3.06. The fraction of sp³-hybridized carbons (Fsp3) is 0.538. The van der Waals surface area contributed by atoms with Gasteiger partial charge in [-0.15, -0.1) is 0 Å². The molecule has 0 aromatic carbocycles. The summed E-state index contributed by atoms with van der Waals surface area (Å²) >= 11 is 0. The second-order valence-electron chi connectivity index (χ2n) is 4.44. The Balaban J connectivity index is 1.89. The topological polar surface area (TPSA) is 71.8 Å². The molecule has 1 aromatic rings. The first-order chi connectivity index (χ1) is 9.20. The standard InChI is InChI=1S/C13H18N2O4/c1-2-18-12(16)10-5-3-7-15(9-10)13(17)14-11-6-4-8-19-11/h4,6,8,10H,2-3,5,7,9H2,1H3,(H,14,17). The van der Waals surface area contributed by atoms with Gasteiger partial charge in [0, 0.05) is 19.2 Å². The van der Waals surface area contributed by atoms with E-state index in [-0.39, 0.29) is 17.9 Å². The molecule has 0 bridgehead atoms. The zero-order valence-corrected chi connectivity index (χ0v) is 10.9. The van der Waals surface area contributed by atoms with Crippen LogP contribution in [0.5, 0.6) is 0 Å². The lowest BCUT2D eigenvalue weighted by Crippen LogP contribution is -2.44. The van der Waals surface area contributed by atoms with Crippen molar-refractivity contribution in [3.05, 3.63) is 18.4 Å².